The molecule has 1 aromatic carbocycles. The van der Waals surface area contributed by atoms with Crippen molar-refractivity contribution < 1.29 is 27.5 Å². The smallest absolute Gasteiger partial charge is 0.306 e. The molecule has 0 bridgehead atoms. The summed E-state index contributed by atoms with van der Waals surface area (Å²) in [4.78, 5) is 9.98. The first-order valence-corrected chi connectivity index (χ1v) is 7.64. The van der Waals surface area contributed by atoms with E-state index in [1.165, 1.54) is 6.92 Å². The van der Waals surface area contributed by atoms with Crippen molar-refractivity contribution in [2.45, 2.75) is 52.9 Å². The predicted molar refractivity (Wildman–Crippen MR) is 79.2 cm³/mol. The van der Waals surface area contributed by atoms with E-state index in [0.29, 0.717) is 0 Å². The van der Waals surface area contributed by atoms with Crippen molar-refractivity contribution in [2.24, 2.45) is 11.8 Å². The number of rotatable bonds is 3. The Morgan fingerprint density at radius 2 is 1.48 bits per heavy atom. The van der Waals surface area contributed by atoms with Crippen molar-refractivity contribution in [3.63, 3.8) is 0 Å². The molecule has 1 saturated carbocycles. The number of carboxylic acids is 1. The summed E-state index contributed by atoms with van der Waals surface area (Å²) < 4.78 is 52.8. The molecule has 0 spiro atoms. The van der Waals surface area contributed by atoms with E-state index in [2.05, 4.69) is 0 Å². The second kappa shape index (κ2) is 7.79. The second-order valence-corrected chi connectivity index (χ2v) is 6.29. The van der Waals surface area contributed by atoms with Crippen LogP contribution in [0.25, 0.3) is 0 Å². The predicted octanol–water partition coefficient (Wildman–Crippen LogP) is 5.18. The fourth-order valence-electron chi connectivity index (χ4n) is 2.29. The first-order chi connectivity index (χ1) is 10.6. The maximum Gasteiger partial charge on any atom is 0.306 e. The van der Waals surface area contributed by atoms with Crippen LogP contribution in [0.2, 0.25) is 0 Å². The van der Waals surface area contributed by atoms with Crippen LogP contribution in [0.1, 0.15) is 57.1 Å². The van der Waals surface area contributed by atoms with Gasteiger partial charge in [0, 0.05) is 0 Å². The number of aliphatic carboxylic acids is 1. The summed E-state index contributed by atoms with van der Waals surface area (Å²) in [7, 11) is 0. The highest BCUT2D eigenvalue weighted by Gasteiger charge is 2.27. The van der Waals surface area contributed by atoms with Crippen LogP contribution < -0.4 is 0 Å². The summed E-state index contributed by atoms with van der Waals surface area (Å²) in [5.41, 5.74) is -0.232. The average molecular weight is 334 g/mol. The Hall–Kier alpha value is -1.59. The molecule has 1 aliphatic rings. The van der Waals surface area contributed by atoms with E-state index < -0.39 is 29.2 Å². The molecule has 0 amide bonds. The van der Waals surface area contributed by atoms with Crippen molar-refractivity contribution >= 4 is 5.97 Å². The molecule has 1 atom stereocenters. The fourth-order valence-corrected chi connectivity index (χ4v) is 2.29. The third kappa shape index (κ3) is 4.24. The number of hydrogen-bond donors (Lipinski definition) is 1. The molecular formula is C17H22F4O2. The molecule has 23 heavy (non-hydrogen) atoms. The molecule has 2 nitrogen and oxygen atoms in total. The average Bonchev–Trinajstić information content (AvgIpc) is 2.41. The maximum atomic E-state index is 13.5. The van der Waals surface area contributed by atoms with E-state index in [9.17, 15) is 22.4 Å². The van der Waals surface area contributed by atoms with Crippen LogP contribution in [0.3, 0.4) is 0 Å². The van der Waals surface area contributed by atoms with Gasteiger partial charge < -0.3 is 5.11 Å². The van der Waals surface area contributed by atoms with Crippen molar-refractivity contribution in [2.75, 3.05) is 0 Å². The van der Waals surface area contributed by atoms with Crippen molar-refractivity contribution in [1.29, 1.82) is 0 Å². The summed E-state index contributed by atoms with van der Waals surface area (Å²) in [6.07, 6.45) is 2.90. The Bertz CT molecular complexity index is 551. The van der Waals surface area contributed by atoms with E-state index in [1.807, 2.05) is 13.8 Å². The Morgan fingerprint density at radius 1 is 1.00 bits per heavy atom. The molecule has 1 unspecified atom stereocenters. The van der Waals surface area contributed by atoms with Crippen LogP contribution in [0.15, 0.2) is 0 Å². The number of benzene rings is 1. The third-order valence-corrected chi connectivity index (χ3v) is 4.46. The minimum Gasteiger partial charge on any atom is -0.481 e. The van der Waals surface area contributed by atoms with Crippen molar-refractivity contribution in [3.05, 3.63) is 34.4 Å². The van der Waals surface area contributed by atoms with E-state index >= 15 is 0 Å². The summed E-state index contributed by atoms with van der Waals surface area (Å²) >= 11 is 0. The van der Waals surface area contributed by atoms with Crippen molar-refractivity contribution in [1.82, 2.24) is 0 Å². The summed E-state index contributed by atoms with van der Waals surface area (Å²) in [6.45, 7) is 6.54. The lowest BCUT2D eigenvalue weighted by atomic mass is 9.86. The van der Waals surface area contributed by atoms with Gasteiger partial charge in [0.15, 0.2) is 23.3 Å². The molecule has 2 rings (SSSR count). The standard InChI is InChI=1S/C12H14F4.C5H8O2/c1-5(2)6(3)8-7(4)9(13)11(15)12(16)10(8)14;6-5(7)4-2-1-3-4/h5-6H,1-4H3;4H,1-3H2,(H,6,7). The Labute approximate surface area is 133 Å². The molecule has 1 N–H and O–H groups in total. The lowest BCUT2D eigenvalue weighted by molar-refractivity contribution is -0.144. The molecule has 0 aromatic heterocycles. The SMILES string of the molecule is Cc1c(F)c(F)c(F)c(F)c1C(C)C(C)C.O=C(O)C1CCC1. The van der Waals surface area contributed by atoms with Gasteiger partial charge in [-0.3, -0.25) is 4.79 Å². The molecular weight excluding hydrogens is 312 g/mol. The maximum absolute atomic E-state index is 13.5. The molecule has 0 heterocycles. The van der Waals surface area contributed by atoms with Crippen molar-refractivity contribution in [3.8, 4) is 0 Å². The summed E-state index contributed by atoms with van der Waals surface area (Å²) in [5.74, 6) is -7.03. The van der Waals surface area contributed by atoms with E-state index in [4.69, 9.17) is 5.11 Å². The zero-order chi connectivity index (χ0) is 17.9. The number of hydrogen-bond acceptors (Lipinski definition) is 1. The van der Waals surface area contributed by atoms with Crippen LogP contribution in [0.4, 0.5) is 17.6 Å². The minimum atomic E-state index is -1.74. The molecule has 0 radical (unpaired) electrons. The highest BCUT2D eigenvalue weighted by molar-refractivity contribution is 5.70. The van der Waals surface area contributed by atoms with Gasteiger partial charge in [-0.15, -0.1) is 0 Å². The van der Waals surface area contributed by atoms with E-state index in [0.717, 1.165) is 19.3 Å². The largest absolute Gasteiger partial charge is 0.481 e. The molecule has 1 aliphatic carbocycles. The monoisotopic (exact) mass is 334 g/mol. The highest BCUT2D eigenvalue weighted by Crippen LogP contribution is 2.33. The zero-order valence-corrected chi connectivity index (χ0v) is 13.7. The van der Waals surface area contributed by atoms with Gasteiger partial charge in [-0.25, -0.2) is 17.6 Å². The quantitative estimate of drug-likeness (QED) is 0.470. The molecule has 130 valence electrons. The van der Waals surface area contributed by atoms with Gasteiger partial charge in [0.25, 0.3) is 0 Å². The zero-order valence-electron chi connectivity index (χ0n) is 13.7. The summed E-state index contributed by atoms with van der Waals surface area (Å²) in [5, 5.41) is 8.23. The van der Waals surface area contributed by atoms with Gasteiger partial charge in [-0.1, -0.05) is 27.2 Å². The Morgan fingerprint density at radius 3 is 1.78 bits per heavy atom. The van der Waals surface area contributed by atoms with Crippen LogP contribution in [0.5, 0.6) is 0 Å². The van der Waals surface area contributed by atoms with Gasteiger partial charge in [0.05, 0.1) is 5.92 Å². The van der Waals surface area contributed by atoms with Crippen LogP contribution in [-0.4, -0.2) is 11.1 Å². The van der Waals surface area contributed by atoms with Gasteiger partial charge >= 0.3 is 5.97 Å². The first-order valence-electron chi connectivity index (χ1n) is 7.64. The Balaban J connectivity index is 0.000000313. The highest BCUT2D eigenvalue weighted by atomic mass is 19.2. The first kappa shape index (κ1) is 19.5. The van der Waals surface area contributed by atoms with Gasteiger partial charge in [-0.05, 0) is 42.7 Å². The lowest BCUT2D eigenvalue weighted by Crippen LogP contribution is -2.20. The third-order valence-electron chi connectivity index (χ3n) is 4.46. The van der Waals surface area contributed by atoms with E-state index in [-0.39, 0.29) is 28.9 Å². The molecule has 6 heteroatoms. The number of halogens is 4. The van der Waals surface area contributed by atoms with Gasteiger partial charge in [0.1, 0.15) is 0 Å². The second-order valence-electron chi connectivity index (χ2n) is 6.29. The fraction of sp³-hybridized carbons (Fsp3) is 0.588. The number of carbonyl (C=O) groups is 1. The molecule has 0 aliphatic heterocycles. The van der Waals surface area contributed by atoms with E-state index in [1.54, 1.807) is 6.92 Å². The molecule has 0 saturated heterocycles. The van der Waals surface area contributed by atoms with Crippen LogP contribution in [0, 0.1) is 42.0 Å². The molecule has 1 fully saturated rings. The van der Waals surface area contributed by atoms with Crippen LogP contribution >= 0.6 is 0 Å². The van der Waals surface area contributed by atoms with Gasteiger partial charge in [0.2, 0.25) is 0 Å². The van der Waals surface area contributed by atoms with Gasteiger partial charge in [-0.2, -0.15) is 0 Å². The summed E-state index contributed by atoms with van der Waals surface area (Å²) in [6, 6.07) is 0. The normalized spacial score (nSPS) is 15.7. The topological polar surface area (TPSA) is 37.3 Å². The Kier molecular flexibility index (Phi) is 6.59. The minimum absolute atomic E-state index is 0.000000000000000444. The lowest BCUT2D eigenvalue weighted by Gasteiger charge is -2.20. The molecule has 1 aromatic rings. The number of carboxylic acid groups (broad SMARTS) is 1. The van der Waals surface area contributed by atoms with Crippen LogP contribution in [-0.2, 0) is 4.79 Å².